The SMILES string of the molecule is Cc1cc(Br)ccc1NC(=O)COc1cccc(/C=C2\SC(=S)N(C[C@H]3CCCO3)C2=O)c1. The molecule has 2 aliphatic heterocycles. The third-order valence-corrected chi connectivity index (χ3v) is 7.14. The second-order valence-electron chi connectivity index (χ2n) is 7.80. The van der Waals surface area contributed by atoms with Crippen LogP contribution in [0.1, 0.15) is 24.0 Å². The number of hydrogen-bond acceptors (Lipinski definition) is 6. The lowest BCUT2D eigenvalue weighted by Crippen LogP contribution is -2.35. The first kappa shape index (κ1) is 23.9. The number of rotatable bonds is 7. The Bertz CT molecular complexity index is 1120. The van der Waals surface area contributed by atoms with E-state index in [0.717, 1.165) is 40.7 Å². The van der Waals surface area contributed by atoms with Gasteiger partial charge in [-0.3, -0.25) is 14.5 Å². The highest BCUT2D eigenvalue weighted by atomic mass is 79.9. The number of thiocarbonyl (C=S) groups is 1. The van der Waals surface area contributed by atoms with E-state index in [4.69, 9.17) is 21.7 Å². The van der Waals surface area contributed by atoms with Crippen LogP contribution in [-0.2, 0) is 14.3 Å². The highest BCUT2D eigenvalue weighted by Gasteiger charge is 2.34. The second kappa shape index (κ2) is 10.8. The molecule has 0 bridgehead atoms. The van der Waals surface area contributed by atoms with Gasteiger partial charge in [0.15, 0.2) is 6.61 Å². The standard InChI is InChI=1S/C24H23BrN2O4S2/c1-15-10-17(25)7-8-20(15)26-22(28)14-31-18-5-2-4-16(11-18)12-21-23(29)27(24(32)33-21)13-19-6-3-9-30-19/h2,4-5,7-8,10-12,19H,3,6,9,13-14H2,1H3,(H,26,28)/b21-12-/t19-/m1/s1. The summed E-state index contributed by atoms with van der Waals surface area (Å²) in [4.78, 5) is 27.3. The minimum atomic E-state index is -0.249. The van der Waals surface area contributed by atoms with E-state index < -0.39 is 0 Å². The molecule has 2 amide bonds. The molecule has 0 spiro atoms. The van der Waals surface area contributed by atoms with Crippen LogP contribution in [0.2, 0.25) is 0 Å². The number of nitrogens with one attached hydrogen (secondary N) is 1. The Labute approximate surface area is 210 Å². The molecular weight excluding hydrogens is 524 g/mol. The third kappa shape index (κ3) is 6.23. The normalized spacial score (nSPS) is 19.4. The van der Waals surface area contributed by atoms with Gasteiger partial charge in [0.1, 0.15) is 10.1 Å². The zero-order valence-electron chi connectivity index (χ0n) is 18.0. The van der Waals surface area contributed by atoms with Crippen molar-refractivity contribution in [3.05, 3.63) is 63.0 Å². The maximum Gasteiger partial charge on any atom is 0.266 e. The number of carbonyl (C=O) groups is 2. The number of halogens is 1. The van der Waals surface area contributed by atoms with E-state index in [9.17, 15) is 9.59 Å². The van der Waals surface area contributed by atoms with Crippen LogP contribution in [0, 0.1) is 6.92 Å². The van der Waals surface area contributed by atoms with Gasteiger partial charge in [-0.15, -0.1) is 0 Å². The number of anilines is 1. The molecule has 0 saturated carbocycles. The minimum absolute atomic E-state index is 0.0518. The number of nitrogens with zero attached hydrogens (tertiary/aromatic N) is 1. The van der Waals surface area contributed by atoms with Crippen molar-refractivity contribution in [2.45, 2.75) is 25.9 Å². The van der Waals surface area contributed by atoms with Crippen molar-refractivity contribution in [1.82, 2.24) is 4.90 Å². The third-order valence-electron chi connectivity index (χ3n) is 5.27. The topological polar surface area (TPSA) is 67.9 Å². The quantitative estimate of drug-likeness (QED) is 0.382. The molecule has 6 nitrogen and oxygen atoms in total. The van der Waals surface area contributed by atoms with Crippen molar-refractivity contribution < 1.29 is 19.1 Å². The zero-order valence-corrected chi connectivity index (χ0v) is 21.2. The molecule has 2 aromatic carbocycles. The summed E-state index contributed by atoms with van der Waals surface area (Å²) in [5.41, 5.74) is 2.50. The van der Waals surface area contributed by atoms with E-state index in [1.807, 2.05) is 37.3 Å². The van der Waals surface area contributed by atoms with Crippen molar-refractivity contribution in [2.75, 3.05) is 25.1 Å². The molecule has 4 rings (SSSR count). The van der Waals surface area contributed by atoms with E-state index >= 15 is 0 Å². The number of amides is 2. The number of carbonyl (C=O) groups excluding carboxylic acids is 2. The molecule has 1 atom stereocenters. The Morgan fingerprint density at radius 2 is 2.21 bits per heavy atom. The summed E-state index contributed by atoms with van der Waals surface area (Å²) in [6, 6.07) is 12.9. The number of benzene rings is 2. The van der Waals surface area contributed by atoms with Crippen LogP contribution >= 0.6 is 39.9 Å². The Morgan fingerprint density at radius 1 is 1.36 bits per heavy atom. The molecule has 2 aromatic rings. The molecule has 0 unspecified atom stereocenters. The molecule has 2 heterocycles. The number of thioether (sulfide) groups is 1. The molecule has 172 valence electrons. The van der Waals surface area contributed by atoms with E-state index in [1.54, 1.807) is 23.1 Å². The van der Waals surface area contributed by atoms with Crippen LogP contribution in [-0.4, -0.2) is 46.9 Å². The maximum atomic E-state index is 12.8. The van der Waals surface area contributed by atoms with E-state index in [1.165, 1.54) is 11.8 Å². The highest BCUT2D eigenvalue weighted by molar-refractivity contribution is 9.10. The molecule has 2 saturated heterocycles. The lowest BCUT2D eigenvalue weighted by molar-refractivity contribution is -0.123. The number of aryl methyl sites for hydroxylation is 1. The average molecular weight is 547 g/mol. The number of hydrogen-bond donors (Lipinski definition) is 1. The van der Waals surface area contributed by atoms with Gasteiger partial charge in [-0.1, -0.05) is 52.0 Å². The van der Waals surface area contributed by atoms with Gasteiger partial charge in [-0.25, -0.2) is 0 Å². The molecule has 0 aliphatic carbocycles. The van der Waals surface area contributed by atoms with Gasteiger partial charge in [-0.2, -0.15) is 0 Å². The van der Waals surface area contributed by atoms with Crippen LogP contribution in [0.4, 0.5) is 5.69 Å². The van der Waals surface area contributed by atoms with Crippen molar-refractivity contribution in [1.29, 1.82) is 0 Å². The zero-order chi connectivity index (χ0) is 23.4. The summed E-state index contributed by atoms with van der Waals surface area (Å²) in [6.45, 7) is 3.04. The molecular formula is C24H23BrN2O4S2. The predicted octanol–water partition coefficient (Wildman–Crippen LogP) is 5.16. The van der Waals surface area contributed by atoms with Gasteiger partial charge in [-0.05, 0) is 67.3 Å². The van der Waals surface area contributed by atoms with Crippen molar-refractivity contribution in [3.63, 3.8) is 0 Å². The van der Waals surface area contributed by atoms with Gasteiger partial charge in [0.2, 0.25) is 0 Å². The van der Waals surface area contributed by atoms with Gasteiger partial charge < -0.3 is 14.8 Å². The Hall–Kier alpha value is -2.20. The smallest absolute Gasteiger partial charge is 0.266 e. The van der Waals surface area contributed by atoms with Crippen LogP contribution in [0.3, 0.4) is 0 Å². The fourth-order valence-corrected chi connectivity index (χ4v) is 5.35. The molecule has 0 aromatic heterocycles. The van der Waals surface area contributed by atoms with Gasteiger partial charge in [0.25, 0.3) is 11.8 Å². The van der Waals surface area contributed by atoms with E-state index in [-0.39, 0.29) is 24.5 Å². The first-order valence-corrected chi connectivity index (χ1v) is 12.6. The lowest BCUT2D eigenvalue weighted by Gasteiger charge is -2.18. The van der Waals surface area contributed by atoms with Gasteiger partial charge in [0.05, 0.1) is 17.6 Å². The monoisotopic (exact) mass is 546 g/mol. The summed E-state index contributed by atoms with van der Waals surface area (Å²) in [5, 5.41) is 2.85. The Kier molecular flexibility index (Phi) is 7.85. The van der Waals surface area contributed by atoms with Crippen LogP contribution in [0.25, 0.3) is 6.08 Å². The fourth-order valence-electron chi connectivity index (χ4n) is 3.60. The van der Waals surface area contributed by atoms with Crippen molar-refractivity contribution in [3.8, 4) is 5.75 Å². The molecule has 9 heteroatoms. The van der Waals surface area contributed by atoms with Crippen LogP contribution in [0.5, 0.6) is 5.75 Å². The first-order valence-electron chi connectivity index (χ1n) is 10.5. The lowest BCUT2D eigenvalue weighted by atomic mass is 10.2. The molecule has 2 fully saturated rings. The number of ether oxygens (including phenoxy) is 2. The summed E-state index contributed by atoms with van der Waals surface area (Å²) in [5.74, 6) is 0.193. The summed E-state index contributed by atoms with van der Waals surface area (Å²) < 4.78 is 12.8. The maximum absolute atomic E-state index is 12.8. The van der Waals surface area contributed by atoms with Crippen LogP contribution in [0.15, 0.2) is 51.8 Å². The minimum Gasteiger partial charge on any atom is -0.484 e. The molecule has 2 aliphatic rings. The summed E-state index contributed by atoms with van der Waals surface area (Å²) in [6.07, 6.45) is 3.82. The summed E-state index contributed by atoms with van der Waals surface area (Å²) >= 11 is 10.1. The Balaban J connectivity index is 1.36. The fraction of sp³-hybridized carbons (Fsp3) is 0.292. The van der Waals surface area contributed by atoms with Crippen molar-refractivity contribution in [2.24, 2.45) is 0 Å². The summed E-state index contributed by atoms with van der Waals surface area (Å²) in [7, 11) is 0. The molecule has 0 radical (unpaired) electrons. The van der Waals surface area contributed by atoms with Gasteiger partial charge in [0, 0.05) is 16.8 Å². The largest absolute Gasteiger partial charge is 0.484 e. The average Bonchev–Trinajstić information content (AvgIpc) is 3.39. The highest BCUT2D eigenvalue weighted by Crippen LogP contribution is 2.34. The Morgan fingerprint density at radius 3 is 2.97 bits per heavy atom. The van der Waals surface area contributed by atoms with Gasteiger partial charge >= 0.3 is 0 Å². The molecule has 33 heavy (non-hydrogen) atoms. The van der Waals surface area contributed by atoms with E-state index in [0.29, 0.717) is 21.5 Å². The van der Waals surface area contributed by atoms with E-state index in [2.05, 4.69) is 21.2 Å². The van der Waals surface area contributed by atoms with Crippen molar-refractivity contribution >= 4 is 67.8 Å². The first-order chi connectivity index (χ1) is 15.9. The molecule has 1 N–H and O–H groups in total. The predicted molar refractivity (Wildman–Crippen MR) is 138 cm³/mol. The van der Waals surface area contributed by atoms with Crippen LogP contribution < -0.4 is 10.1 Å². The second-order valence-corrected chi connectivity index (χ2v) is 10.4.